The molecule has 88 valence electrons. The first-order chi connectivity index (χ1) is 8.88. The summed E-state index contributed by atoms with van der Waals surface area (Å²) in [6, 6.07) is 13.3. The van der Waals surface area contributed by atoms with Gasteiger partial charge >= 0.3 is 0 Å². The van der Waals surface area contributed by atoms with Crippen LogP contribution in [0.1, 0.15) is 11.6 Å². The molecular formula is C14H11N3O. The summed E-state index contributed by atoms with van der Waals surface area (Å²) in [5.74, 6) is 0.698. The molecule has 0 bridgehead atoms. The molecule has 0 spiro atoms. The zero-order chi connectivity index (χ0) is 12.4. The van der Waals surface area contributed by atoms with E-state index in [0.717, 1.165) is 23.1 Å². The molecule has 1 aromatic carbocycles. The molecule has 2 heterocycles. The fourth-order valence-electron chi connectivity index (χ4n) is 1.96. The molecule has 1 aromatic heterocycles. The standard InChI is InChI=1S/C14H11N3O/c18-8-13-11-6-7-12(10-4-2-1-3-5-10)17-14(11)16-9-15-13/h1-9,13H,(H,15,16,17). The van der Waals surface area contributed by atoms with Crippen LogP contribution in [0.2, 0.25) is 0 Å². The van der Waals surface area contributed by atoms with E-state index in [-0.39, 0.29) is 0 Å². The molecular weight excluding hydrogens is 226 g/mol. The number of pyridine rings is 1. The minimum atomic E-state index is -0.446. The molecule has 0 aliphatic carbocycles. The van der Waals surface area contributed by atoms with Crippen LogP contribution in [0.5, 0.6) is 0 Å². The molecule has 2 aromatic rings. The minimum absolute atomic E-state index is 0.446. The van der Waals surface area contributed by atoms with E-state index in [0.29, 0.717) is 5.82 Å². The predicted molar refractivity (Wildman–Crippen MR) is 70.6 cm³/mol. The molecule has 0 fully saturated rings. The van der Waals surface area contributed by atoms with Crippen LogP contribution in [-0.4, -0.2) is 17.6 Å². The Balaban J connectivity index is 2.05. The second-order valence-electron chi connectivity index (χ2n) is 4.00. The van der Waals surface area contributed by atoms with Gasteiger partial charge in [0.15, 0.2) is 0 Å². The topological polar surface area (TPSA) is 54.4 Å². The third-order valence-corrected chi connectivity index (χ3v) is 2.88. The molecule has 0 amide bonds. The highest BCUT2D eigenvalue weighted by molar-refractivity contribution is 5.84. The molecule has 0 saturated carbocycles. The first kappa shape index (κ1) is 10.7. The third kappa shape index (κ3) is 1.78. The largest absolute Gasteiger partial charge is 0.331 e. The van der Waals surface area contributed by atoms with Gasteiger partial charge in [0.2, 0.25) is 0 Å². The van der Waals surface area contributed by atoms with Crippen LogP contribution in [0.15, 0.2) is 47.5 Å². The van der Waals surface area contributed by atoms with Gasteiger partial charge in [-0.1, -0.05) is 36.4 Å². The maximum atomic E-state index is 10.9. The second kappa shape index (κ2) is 4.41. The number of nitrogens with one attached hydrogen (secondary N) is 1. The molecule has 4 heteroatoms. The van der Waals surface area contributed by atoms with Crippen molar-refractivity contribution in [2.24, 2.45) is 4.99 Å². The summed E-state index contributed by atoms with van der Waals surface area (Å²) in [7, 11) is 0. The van der Waals surface area contributed by atoms with Crippen molar-refractivity contribution in [3.05, 3.63) is 48.0 Å². The maximum Gasteiger partial charge on any atom is 0.149 e. The molecule has 4 nitrogen and oxygen atoms in total. The van der Waals surface area contributed by atoms with Crippen molar-refractivity contribution >= 4 is 18.4 Å². The highest BCUT2D eigenvalue weighted by Gasteiger charge is 2.18. The quantitative estimate of drug-likeness (QED) is 0.816. The molecule has 18 heavy (non-hydrogen) atoms. The highest BCUT2D eigenvalue weighted by atomic mass is 16.1. The van der Waals surface area contributed by atoms with Gasteiger partial charge in [-0.2, -0.15) is 0 Å². The van der Waals surface area contributed by atoms with Crippen molar-refractivity contribution < 1.29 is 4.79 Å². The Kier molecular flexibility index (Phi) is 2.61. The first-order valence-electron chi connectivity index (χ1n) is 5.68. The van der Waals surface area contributed by atoms with E-state index in [1.54, 1.807) is 0 Å². The lowest BCUT2D eigenvalue weighted by Gasteiger charge is -2.16. The van der Waals surface area contributed by atoms with E-state index in [4.69, 9.17) is 0 Å². The number of aldehydes is 1. The molecule has 1 aliphatic heterocycles. The van der Waals surface area contributed by atoms with Crippen molar-refractivity contribution in [2.75, 3.05) is 5.32 Å². The first-order valence-corrected chi connectivity index (χ1v) is 5.68. The van der Waals surface area contributed by atoms with Crippen LogP contribution in [0, 0.1) is 0 Å². The van der Waals surface area contributed by atoms with Gasteiger partial charge in [0.25, 0.3) is 0 Å². The molecule has 1 N–H and O–H groups in total. The summed E-state index contributed by atoms with van der Waals surface area (Å²) >= 11 is 0. The third-order valence-electron chi connectivity index (χ3n) is 2.88. The van der Waals surface area contributed by atoms with Gasteiger partial charge < -0.3 is 10.1 Å². The van der Waals surface area contributed by atoms with Gasteiger partial charge in [-0.05, 0) is 6.07 Å². The van der Waals surface area contributed by atoms with Crippen molar-refractivity contribution in [2.45, 2.75) is 6.04 Å². The summed E-state index contributed by atoms with van der Waals surface area (Å²) in [6.07, 6.45) is 2.34. The van der Waals surface area contributed by atoms with Crippen LogP contribution in [0.3, 0.4) is 0 Å². The number of hydrogen-bond donors (Lipinski definition) is 1. The monoisotopic (exact) mass is 237 g/mol. The lowest BCUT2D eigenvalue weighted by Crippen LogP contribution is -2.13. The summed E-state index contributed by atoms with van der Waals surface area (Å²) in [4.78, 5) is 19.5. The average Bonchev–Trinajstić information content (AvgIpc) is 2.47. The van der Waals surface area contributed by atoms with E-state index in [1.165, 1.54) is 6.34 Å². The van der Waals surface area contributed by atoms with Gasteiger partial charge in [-0.25, -0.2) is 4.98 Å². The van der Waals surface area contributed by atoms with E-state index in [2.05, 4.69) is 15.3 Å². The summed E-state index contributed by atoms with van der Waals surface area (Å²) in [5, 5.41) is 2.98. The van der Waals surface area contributed by atoms with Gasteiger partial charge in [0, 0.05) is 11.1 Å². The molecule has 1 aliphatic rings. The average molecular weight is 237 g/mol. The maximum absolute atomic E-state index is 10.9. The Labute approximate surface area is 104 Å². The lowest BCUT2D eigenvalue weighted by atomic mass is 10.1. The fourth-order valence-corrected chi connectivity index (χ4v) is 1.96. The summed E-state index contributed by atoms with van der Waals surface area (Å²) in [6.45, 7) is 0. The van der Waals surface area contributed by atoms with Crippen LogP contribution >= 0.6 is 0 Å². The van der Waals surface area contributed by atoms with Crippen molar-refractivity contribution in [3.8, 4) is 11.3 Å². The number of rotatable bonds is 2. The van der Waals surface area contributed by atoms with E-state index >= 15 is 0 Å². The predicted octanol–water partition coefficient (Wildman–Crippen LogP) is 2.44. The van der Waals surface area contributed by atoms with Gasteiger partial charge in [0.05, 0.1) is 12.0 Å². The van der Waals surface area contributed by atoms with Gasteiger partial charge in [-0.15, -0.1) is 0 Å². The minimum Gasteiger partial charge on any atom is -0.331 e. The lowest BCUT2D eigenvalue weighted by molar-refractivity contribution is -0.108. The SMILES string of the molecule is O=CC1N=CNc2nc(-c3ccccc3)ccc21. The number of aromatic nitrogens is 1. The smallest absolute Gasteiger partial charge is 0.149 e. The molecule has 1 unspecified atom stereocenters. The fraction of sp³-hybridized carbons (Fsp3) is 0.0714. The molecule has 1 atom stereocenters. The number of aliphatic imine (C=N–C) groups is 1. The number of fused-ring (bicyclic) bond motifs is 1. The molecule has 3 rings (SSSR count). The van der Waals surface area contributed by atoms with Crippen LogP contribution < -0.4 is 5.32 Å². The van der Waals surface area contributed by atoms with Crippen LogP contribution in [0.25, 0.3) is 11.3 Å². The Morgan fingerprint density at radius 2 is 1.94 bits per heavy atom. The van der Waals surface area contributed by atoms with Gasteiger partial charge in [-0.3, -0.25) is 4.99 Å². The highest BCUT2D eigenvalue weighted by Crippen LogP contribution is 2.28. The number of carbonyl (C=O) groups is 1. The Morgan fingerprint density at radius 3 is 2.72 bits per heavy atom. The number of anilines is 1. The molecule has 0 saturated heterocycles. The zero-order valence-corrected chi connectivity index (χ0v) is 9.58. The Bertz CT molecular complexity index is 608. The van der Waals surface area contributed by atoms with Crippen LogP contribution in [-0.2, 0) is 4.79 Å². The number of benzene rings is 1. The van der Waals surface area contributed by atoms with Crippen molar-refractivity contribution in [3.63, 3.8) is 0 Å². The Hall–Kier alpha value is -2.49. The summed E-state index contributed by atoms with van der Waals surface area (Å²) < 4.78 is 0. The summed E-state index contributed by atoms with van der Waals surface area (Å²) in [5.41, 5.74) is 2.74. The zero-order valence-electron chi connectivity index (χ0n) is 9.58. The number of carbonyl (C=O) groups excluding carboxylic acids is 1. The number of hydrogen-bond acceptors (Lipinski definition) is 4. The second-order valence-corrected chi connectivity index (χ2v) is 4.00. The van der Waals surface area contributed by atoms with Crippen LogP contribution in [0.4, 0.5) is 5.82 Å². The number of nitrogens with zero attached hydrogens (tertiary/aromatic N) is 2. The normalized spacial score (nSPS) is 16.8. The Morgan fingerprint density at radius 1 is 1.11 bits per heavy atom. The van der Waals surface area contributed by atoms with Gasteiger partial charge in [0.1, 0.15) is 18.1 Å². The van der Waals surface area contributed by atoms with E-state index < -0.39 is 6.04 Å². The van der Waals surface area contributed by atoms with E-state index in [9.17, 15) is 4.79 Å². The van der Waals surface area contributed by atoms with Crippen molar-refractivity contribution in [1.82, 2.24) is 4.98 Å². The molecule has 0 radical (unpaired) electrons. The van der Waals surface area contributed by atoms with E-state index in [1.807, 2.05) is 42.5 Å². The van der Waals surface area contributed by atoms with Crippen molar-refractivity contribution in [1.29, 1.82) is 0 Å².